The van der Waals surface area contributed by atoms with Gasteiger partial charge in [0.25, 0.3) is 0 Å². The molecule has 1 heterocycles. The van der Waals surface area contributed by atoms with Gasteiger partial charge in [0, 0.05) is 22.3 Å². The van der Waals surface area contributed by atoms with Gasteiger partial charge in [-0.25, -0.2) is 0 Å². The summed E-state index contributed by atoms with van der Waals surface area (Å²) in [6.45, 7) is 3.88. The molecule has 0 aliphatic carbocycles. The van der Waals surface area contributed by atoms with E-state index in [0.717, 1.165) is 22.3 Å². The molecule has 5 heteroatoms. The van der Waals surface area contributed by atoms with Crippen LogP contribution in [0.3, 0.4) is 0 Å². The molecular formula is C13H15Cl2NOS. The molecule has 2 N–H and O–H groups in total. The van der Waals surface area contributed by atoms with Crippen molar-refractivity contribution in [2.45, 2.75) is 19.4 Å². The number of H-pyrrole nitrogens is 1. The number of aromatic amines is 1. The lowest BCUT2D eigenvalue weighted by Gasteiger charge is -2.21. The quantitative estimate of drug-likeness (QED) is 0.876. The Hall–Kier alpha value is -0.350. The number of aromatic nitrogens is 1. The molecule has 1 atom stereocenters. The minimum Gasteiger partial charge on any atom is -0.383 e. The second-order valence-electron chi connectivity index (χ2n) is 4.45. The Labute approximate surface area is 121 Å². The van der Waals surface area contributed by atoms with Crippen LogP contribution < -0.4 is 0 Å². The van der Waals surface area contributed by atoms with Crippen molar-refractivity contribution in [3.63, 3.8) is 0 Å². The number of hydrogen-bond acceptors (Lipinski definition) is 2. The summed E-state index contributed by atoms with van der Waals surface area (Å²) < 4.78 is 0. The van der Waals surface area contributed by atoms with Crippen LogP contribution in [-0.2, 0) is 5.60 Å². The number of benzene rings is 1. The number of rotatable bonds is 4. The third kappa shape index (κ3) is 2.80. The molecule has 1 aromatic heterocycles. The molecule has 98 valence electrons. The molecule has 1 aromatic carbocycles. The topological polar surface area (TPSA) is 36.0 Å². The maximum Gasteiger partial charge on any atom is 0.110 e. The fraction of sp³-hybridized carbons (Fsp3) is 0.385. The van der Waals surface area contributed by atoms with Gasteiger partial charge in [0.15, 0.2) is 0 Å². The molecule has 1 unspecified atom stereocenters. The van der Waals surface area contributed by atoms with Crippen LogP contribution in [0.25, 0.3) is 10.9 Å². The fourth-order valence-electron chi connectivity index (χ4n) is 1.80. The zero-order valence-electron chi connectivity index (χ0n) is 10.3. The van der Waals surface area contributed by atoms with Gasteiger partial charge >= 0.3 is 0 Å². The lowest BCUT2D eigenvalue weighted by Crippen LogP contribution is -2.24. The van der Waals surface area contributed by atoms with Crippen molar-refractivity contribution in [2.75, 3.05) is 11.5 Å². The average Bonchev–Trinajstić information content (AvgIpc) is 2.71. The molecule has 2 rings (SSSR count). The van der Waals surface area contributed by atoms with E-state index < -0.39 is 5.60 Å². The number of fused-ring (bicyclic) bond motifs is 1. The number of aliphatic hydroxyl groups is 1. The molecule has 0 saturated carbocycles. The third-order valence-electron chi connectivity index (χ3n) is 2.83. The minimum absolute atomic E-state index is 0.514. The average molecular weight is 304 g/mol. The van der Waals surface area contributed by atoms with Gasteiger partial charge in [-0.3, -0.25) is 0 Å². The Morgan fingerprint density at radius 1 is 1.28 bits per heavy atom. The second-order valence-corrected chi connectivity index (χ2v) is 6.54. The summed E-state index contributed by atoms with van der Waals surface area (Å²) in [7, 11) is 0. The van der Waals surface area contributed by atoms with E-state index in [0.29, 0.717) is 15.8 Å². The largest absolute Gasteiger partial charge is 0.383 e. The Morgan fingerprint density at radius 3 is 2.61 bits per heavy atom. The van der Waals surface area contributed by atoms with E-state index in [9.17, 15) is 5.11 Å². The van der Waals surface area contributed by atoms with E-state index in [1.165, 1.54) is 0 Å². The van der Waals surface area contributed by atoms with Gasteiger partial charge in [-0.15, -0.1) is 0 Å². The second kappa shape index (κ2) is 5.33. The first-order valence-electron chi connectivity index (χ1n) is 5.72. The standard InChI is InChI=1S/C13H15Cl2NOS/c1-3-18-7-13(2,17)12-5-8-4-9(14)10(15)6-11(8)16-12/h4-6,16-17H,3,7H2,1-2H3. The van der Waals surface area contributed by atoms with Crippen LogP contribution in [0.1, 0.15) is 19.5 Å². The number of nitrogens with one attached hydrogen (secondary N) is 1. The van der Waals surface area contributed by atoms with Crippen LogP contribution in [0.5, 0.6) is 0 Å². The highest BCUT2D eigenvalue weighted by Crippen LogP contribution is 2.32. The Bertz CT molecular complexity index is 526. The Balaban J connectivity index is 2.40. The van der Waals surface area contributed by atoms with E-state index in [1.54, 1.807) is 17.8 Å². The first-order chi connectivity index (χ1) is 8.44. The lowest BCUT2D eigenvalue weighted by atomic mass is 10.1. The molecule has 0 fully saturated rings. The van der Waals surface area contributed by atoms with Crippen molar-refractivity contribution in [1.29, 1.82) is 0 Å². The molecule has 0 amide bonds. The summed E-state index contributed by atoms with van der Waals surface area (Å²) >= 11 is 13.7. The van der Waals surface area contributed by atoms with Crippen molar-refractivity contribution in [3.05, 3.63) is 33.9 Å². The molecule has 0 aliphatic heterocycles. The van der Waals surface area contributed by atoms with Gasteiger partial charge < -0.3 is 10.1 Å². The number of halogens is 2. The lowest BCUT2D eigenvalue weighted by molar-refractivity contribution is 0.0800. The predicted octanol–water partition coefficient (Wildman–Crippen LogP) is 4.44. The molecule has 2 aromatic rings. The van der Waals surface area contributed by atoms with Crippen molar-refractivity contribution in [3.8, 4) is 0 Å². The van der Waals surface area contributed by atoms with E-state index >= 15 is 0 Å². The van der Waals surface area contributed by atoms with E-state index in [1.807, 2.05) is 19.1 Å². The van der Waals surface area contributed by atoms with Gasteiger partial charge in [-0.05, 0) is 30.9 Å². The molecule has 0 bridgehead atoms. The third-order valence-corrected chi connectivity index (χ3v) is 4.73. The highest BCUT2D eigenvalue weighted by molar-refractivity contribution is 7.99. The fourth-order valence-corrected chi connectivity index (χ4v) is 2.89. The molecule has 18 heavy (non-hydrogen) atoms. The highest BCUT2D eigenvalue weighted by Gasteiger charge is 2.25. The summed E-state index contributed by atoms with van der Waals surface area (Å²) in [5, 5.41) is 12.4. The first-order valence-corrected chi connectivity index (χ1v) is 7.63. The van der Waals surface area contributed by atoms with Crippen molar-refractivity contribution < 1.29 is 5.11 Å². The van der Waals surface area contributed by atoms with Crippen molar-refractivity contribution in [2.24, 2.45) is 0 Å². The van der Waals surface area contributed by atoms with Gasteiger partial charge in [-0.2, -0.15) is 11.8 Å². The Kier molecular flexibility index (Phi) is 4.17. The first kappa shape index (κ1) is 14.1. The van der Waals surface area contributed by atoms with Crippen LogP contribution in [0.15, 0.2) is 18.2 Å². The van der Waals surface area contributed by atoms with Crippen LogP contribution in [0.2, 0.25) is 10.0 Å². The summed E-state index contributed by atoms with van der Waals surface area (Å²) in [4.78, 5) is 3.21. The molecule has 0 spiro atoms. The van der Waals surface area contributed by atoms with Gasteiger partial charge in [-0.1, -0.05) is 30.1 Å². The molecule has 0 saturated heterocycles. The van der Waals surface area contributed by atoms with E-state index in [4.69, 9.17) is 23.2 Å². The van der Waals surface area contributed by atoms with Crippen LogP contribution in [0, 0.1) is 0 Å². The SMILES string of the molecule is CCSCC(C)(O)c1cc2cc(Cl)c(Cl)cc2[nH]1. The summed E-state index contributed by atoms with van der Waals surface area (Å²) in [5.41, 5.74) is 0.802. The van der Waals surface area contributed by atoms with Gasteiger partial charge in [0.1, 0.15) is 5.60 Å². The van der Waals surface area contributed by atoms with E-state index in [-0.39, 0.29) is 0 Å². The van der Waals surface area contributed by atoms with Crippen molar-refractivity contribution >= 4 is 45.9 Å². The maximum atomic E-state index is 10.4. The molecule has 0 aliphatic rings. The van der Waals surface area contributed by atoms with Crippen LogP contribution >= 0.6 is 35.0 Å². The zero-order chi connectivity index (χ0) is 13.3. The highest BCUT2D eigenvalue weighted by atomic mass is 35.5. The Morgan fingerprint density at radius 2 is 1.94 bits per heavy atom. The summed E-state index contributed by atoms with van der Waals surface area (Å²) in [6.07, 6.45) is 0. The number of thioether (sulfide) groups is 1. The van der Waals surface area contributed by atoms with Crippen LogP contribution in [-0.4, -0.2) is 21.6 Å². The normalized spacial score (nSPS) is 14.9. The molecule has 0 radical (unpaired) electrons. The van der Waals surface area contributed by atoms with E-state index in [2.05, 4.69) is 11.9 Å². The summed E-state index contributed by atoms with van der Waals surface area (Å²) in [6, 6.07) is 5.52. The number of hydrogen-bond donors (Lipinski definition) is 2. The maximum absolute atomic E-state index is 10.4. The smallest absolute Gasteiger partial charge is 0.110 e. The predicted molar refractivity (Wildman–Crippen MR) is 80.9 cm³/mol. The van der Waals surface area contributed by atoms with Crippen LogP contribution in [0.4, 0.5) is 0 Å². The monoisotopic (exact) mass is 303 g/mol. The molecular weight excluding hydrogens is 289 g/mol. The van der Waals surface area contributed by atoms with Gasteiger partial charge in [0.2, 0.25) is 0 Å². The zero-order valence-corrected chi connectivity index (χ0v) is 12.6. The minimum atomic E-state index is -0.876. The van der Waals surface area contributed by atoms with Gasteiger partial charge in [0.05, 0.1) is 10.0 Å². The molecule has 2 nitrogen and oxygen atoms in total. The summed E-state index contributed by atoms with van der Waals surface area (Å²) in [5.74, 6) is 1.63. The van der Waals surface area contributed by atoms with Crippen molar-refractivity contribution in [1.82, 2.24) is 4.98 Å².